The highest BCUT2D eigenvalue weighted by Crippen LogP contribution is 2.26. The first-order valence-corrected chi connectivity index (χ1v) is 9.77. The van der Waals surface area contributed by atoms with E-state index in [0.717, 1.165) is 32.9 Å². The van der Waals surface area contributed by atoms with Crippen molar-refractivity contribution in [3.05, 3.63) is 70.8 Å². The minimum atomic E-state index is -0.962. The number of carbonyl (C=O) groups is 4. The van der Waals surface area contributed by atoms with Gasteiger partial charge in [-0.15, -0.1) is 0 Å². The standard InChI is InChI=1S/C23H24N2O4/c1-4-16-11-12-17(5-2)19(13-16)20(26)14-24-21(27)22(28)25(23(24)29)15(3)18-9-7-6-8-10-18/h6-13,15H,4-5,14H2,1-3H3. The van der Waals surface area contributed by atoms with Crippen molar-refractivity contribution >= 4 is 23.6 Å². The van der Waals surface area contributed by atoms with E-state index in [1.54, 1.807) is 37.3 Å². The summed E-state index contributed by atoms with van der Waals surface area (Å²) in [7, 11) is 0. The average Bonchev–Trinajstić information content (AvgIpc) is 2.96. The first-order chi connectivity index (χ1) is 13.9. The molecule has 0 aliphatic carbocycles. The number of aryl methyl sites for hydroxylation is 2. The zero-order valence-corrected chi connectivity index (χ0v) is 16.8. The monoisotopic (exact) mass is 392 g/mol. The molecule has 29 heavy (non-hydrogen) atoms. The van der Waals surface area contributed by atoms with E-state index in [2.05, 4.69) is 0 Å². The molecular formula is C23H24N2O4. The molecule has 1 fully saturated rings. The van der Waals surface area contributed by atoms with Gasteiger partial charge < -0.3 is 0 Å². The number of hydrogen-bond acceptors (Lipinski definition) is 4. The maximum Gasteiger partial charge on any atom is 0.335 e. The first-order valence-electron chi connectivity index (χ1n) is 9.77. The van der Waals surface area contributed by atoms with Crippen molar-refractivity contribution in [2.75, 3.05) is 6.54 Å². The summed E-state index contributed by atoms with van der Waals surface area (Å²) in [6, 6.07) is 13.3. The van der Waals surface area contributed by atoms with E-state index in [9.17, 15) is 19.2 Å². The maximum absolute atomic E-state index is 12.9. The van der Waals surface area contributed by atoms with Gasteiger partial charge in [0.1, 0.15) is 0 Å². The molecule has 4 amide bonds. The number of imide groups is 2. The van der Waals surface area contributed by atoms with Crippen molar-refractivity contribution in [1.29, 1.82) is 0 Å². The van der Waals surface area contributed by atoms with Crippen molar-refractivity contribution in [2.24, 2.45) is 0 Å². The Balaban J connectivity index is 1.85. The molecule has 0 bridgehead atoms. The van der Waals surface area contributed by atoms with Crippen LogP contribution in [-0.2, 0) is 22.4 Å². The van der Waals surface area contributed by atoms with Gasteiger partial charge in [0.15, 0.2) is 5.78 Å². The van der Waals surface area contributed by atoms with E-state index in [1.165, 1.54) is 0 Å². The fourth-order valence-electron chi connectivity index (χ4n) is 3.52. The SMILES string of the molecule is CCc1ccc(CC)c(C(=O)CN2C(=O)C(=O)N(C(C)c3ccccc3)C2=O)c1. The van der Waals surface area contributed by atoms with Gasteiger partial charge in [-0.1, -0.05) is 56.3 Å². The van der Waals surface area contributed by atoms with Crippen molar-refractivity contribution in [1.82, 2.24) is 9.80 Å². The summed E-state index contributed by atoms with van der Waals surface area (Å²) < 4.78 is 0. The minimum absolute atomic E-state index is 0.346. The zero-order valence-electron chi connectivity index (χ0n) is 16.8. The average molecular weight is 392 g/mol. The van der Waals surface area contributed by atoms with Crippen LogP contribution in [0.5, 0.6) is 0 Å². The Kier molecular flexibility index (Phi) is 5.92. The fourth-order valence-corrected chi connectivity index (χ4v) is 3.52. The third-order valence-electron chi connectivity index (χ3n) is 5.32. The molecule has 150 valence electrons. The van der Waals surface area contributed by atoms with Gasteiger partial charge in [-0.05, 0) is 42.5 Å². The highest BCUT2D eigenvalue weighted by molar-refractivity contribution is 6.45. The van der Waals surface area contributed by atoms with E-state index in [4.69, 9.17) is 0 Å². The molecule has 3 rings (SSSR count). The second-order valence-corrected chi connectivity index (χ2v) is 7.06. The van der Waals surface area contributed by atoms with Gasteiger partial charge in [0.25, 0.3) is 0 Å². The number of urea groups is 1. The number of hydrogen-bond donors (Lipinski definition) is 0. The van der Waals surface area contributed by atoms with Crippen LogP contribution in [0.3, 0.4) is 0 Å². The smallest absolute Gasteiger partial charge is 0.292 e. The summed E-state index contributed by atoms with van der Waals surface area (Å²) in [6.07, 6.45) is 1.43. The number of Topliss-reactive ketones (excluding diaryl/α,β-unsaturated/α-hetero) is 1. The van der Waals surface area contributed by atoms with Crippen LogP contribution in [0, 0.1) is 0 Å². The third-order valence-corrected chi connectivity index (χ3v) is 5.32. The van der Waals surface area contributed by atoms with Gasteiger partial charge in [0, 0.05) is 5.56 Å². The molecule has 6 heteroatoms. The summed E-state index contributed by atoms with van der Waals surface area (Å²) >= 11 is 0. The Morgan fingerprint density at radius 1 is 0.931 bits per heavy atom. The highest BCUT2D eigenvalue weighted by atomic mass is 16.2. The number of nitrogens with zero attached hydrogens (tertiary/aromatic N) is 2. The van der Waals surface area contributed by atoms with Crippen LogP contribution in [0.15, 0.2) is 48.5 Å². The van der Waals surface area contributed by atoms with Crippen LogP contribution in [0.25, 0.3) is 0 Å². The molecule has 1 aliphatic heterocycles. The van der Waals surface area contributed by atoms with Gasteiger partial charge in [-0.25, -0.2) is 14.6 Å². The number of rotatable bonds is 7. The van der Waals surface area contributed by atoms with Crippen molar-refractivity contribution in [2.45, 2.75) is 39.7 Å². The molecule has 0 radical (unpaired) electrons. The van der Waals surface area contributed by atoms with Gasteiger partial charge in [-0.2, -0.15) is 0 Å². The van der Waals surface area contributed by atoms with Crippen molar-refractivity contribution in [3.8, 4) is 0 Å². The largest absolute Gasteiger partial charge is 0.335 e. The summed E-state index contributed by atoms with van der Waals surface area (Å²) in [6.45, 7) is 5.17. The van der Waals surface area contributed by atoms with Crippen LogP contribution in [-0.4, -0.2) is 40.0 Å². The van der Waals surface area contributed by atoms with Gasteiger partial charge in [0.05, 0.1) is 12.6 Å². The maximum atomic E-state index is 12.9. The molecule has 6 nitrogen and oxygen atoms in total. The van der Waals surface area contributed by atoms with Crippen molar-refractivity contribution in [3.63, 3.8) is 0 Å². The second-order valence-electron chi connectivity index (χ2n) is 7.06. The highest BCUT2D eigenvalue weighted by Gasteiger charge is 2.47. The first kappa shape index (κ1) is 20.5. The lowest BCUT2D eigenvalue weighted by Gasteiger charge is -2.22. The Morgan fingerprint density at radius 3 is 2.24 bits per heavy atom. The number of amides is 4. The Morgan fingerprint density at radius 2 is 1.62 bits per heavy atom. The van der Waals surface area contributed by atoms with Crippen LogP contribution >= 0.6 is 0 Å². The van der Waals surface area contributed by atoms with E-state index in [-0.39, 0.29) is 5.78 Å². The van der Waals surface area contributed by atoms with Crippen LogP contribution in [0.1, 0.15) is 53.9 Å². The molecule has 0 saturated carbocycles. The lowest BCUT2D eigenvalue weighted by molar-refractivity contribution is -0.143. The van der Waals surface area contributed by atoms with Crippen molar-refractivity contribution < 1.29 is 19.2 Å². The topological polar surface area (TPSA) is 74.8 Å². The quantitative estimate of drug-likeness (QED) is 0.410. The molecule has 2 aromatic carbocycles. The lowest BCUT2D eigenvalue weighted by atomic mass is 9.97. The van der Waals surface area contributed by atoms with E-state index in [0.29, 0.717) is 12.0 Å². The van der Waals surface area contributed by atoms with Crippen LogP contribution in [0.4, 0.5) is 4.79 Å². The minimum Gasteiger partial charge on any atom is -0.292 e. The molecule has 1 heterocycles. The zero-order chi connectivity index (χ0) is 21.1. The predicted molar refractivity (Wildman–Crippen MR) is 108 cm³/mol. The number of carbonyl (C=O) groups excluding carboxylic acids is 4. The molecule has 2 aromatic rings. The number of benzene rings is 2. The molecule has 1 atom stereocenters. The molecule has 0 N–H and O–H groups in total. The molecule has 0 spiro atoms. The van der Waals surface area contributed by atoms with Gasteiger partial charge in [0.2, 0.25) is 0 Å². The van der Waals surface area contributed by atoms with E-state index < -0.39 is 30.4 Å². The molecule has 1 unspecified atom stereocenters. The fraction of sp³-hybridized carbons (Fsp3) is 0.304. The summed E-state index contributed by atoms with van der Waals surface area (Å²) in [5.74, 6) is -2.21. The molecule has 1 saturated heterocycles. The van der Waals surface area contributed by atoms with E-state index >= 15 is 0 Å². The predicted octanol–water partition coefficient (Wildman–Crippen LogP) is 3.55. The van der Waals surface area contributed by atoms with Crippen LogP contribution < -0.4 is 0 Å². The van der Waals surface area contributed by atoms with Gasteiger partial charge in [-0.3, -0.25) is 14.4 Å². The molecule has 1 aliphatic rings. The molecular weight excluding hydrogens is 368 g/mol. The molecule has 0 aromatic heterocycles. The third kappa shape index (κ3) is 3.83. The lowest BCUT2D eigenvalue weighted by Crippen LogP contribution is -2.38. The second kappa shape index (κ2) is 8.39. The Labute approximate surface area is 170 Å². The summed E-state index contributed by atoms with van der Waals surface area (Å²) in [5.41, 5.74) is 3.08. The van der Waals surface area contributed by atoms with Gasteiger partial charge >= 0.3 is 17.8 Å². The van der Waals surface area contributed by atoms with Crippen LogP contribution in [0.2, 0.25) is 0 Å². The number of ketones is 1. The summed E-state index contributed by atoms with van der Waals surface area (Å²) in [4.78, 5) is 52.4. The Hall–Kier alpha value is -3.28. The Bertz CT molecular complexity index is 968. The van der Waals surface area contributed by atoms with E-state index in [1.807, 2.05) is 32.0 Å². The summed E-state index contributed by atoms with van der Waals surface area (Å²) in [5, 5.41) is 0. The normalized spacial score (nSPS) is 15.2.